The highest BCUT2D eigenvalue weighted by Crippen LogP contribution is 2.29. The van der Waals surface area contributed by atoms with Crippen LogP contribution in [0, 0.1) is 5.92 Å². The molecule has 1 aliphatic rings. The SMILES string of the molecule is CC(Nc1ccccc1-n1ccnc1)C1CCCCC1. The zero-order valence-corrected chi connectivity index (χ0v) is 12.1. The first-order chi connectivity index (χ1) is 9.84. The monoisotopic (exact) mass is 269 g/mol. The highest BCUT2D eigenvalue weighted by molar-refractivity contribution is 5.61. The molecule has 2 aromatic rings. The van der Waals surface area contributed by atoms with Crippen molar-refractivity contribution < 1.29 is 0 Å². The summed E-state index contributed by atoms with van der Waals surface area (Å²) in [5.41, 5.74) is 2.37. The van der Waals surface area contributed by atoms with E-state index in [0.717, 1.165) is 5.92 Å². The van der Waals surface area contributed by atoms with Gasteiger partial charge in [-0.3, -0.25) is 0 Å². The lowest BCUT2D eigenvalue weighted by atomic mass is 9.84. The molecule has 0 bridgehead atoms. The van der Waals surface area contributed by atoms with Crippen LogP contribution >= 0.6 is 0 Å². The smallest absolute Gasteiger partial charge is 0.0992 e. The van der Waals surface area contributed by atoms with Crippen LogP contribution in [-0.2, 0) is 0 Å². The molecule has 0 saturated heterocycles. The third kappa shape index (κ3) is 2.87. The largest absolute Gasteiger partial charge is 0.381 e. The molecule has 1 atom stereocenters. The minimum absolute atomic E-state index is 0.528. The van der Waals surface area contributed by atoms with Gasteiger partial charge in [0, 0.05) is 18.4 Å². The summed E-state index contributed by atoms with van der Waals surface area (Å²) in [5, 5.41) is 3.72. The van der Waals surface area contributed by atoms with Gasteiger partial charge in [0.2, 0.25) is 0 Å². The van der Waals surface area contributed by atoms with E-state index in [2.05, 4.69) is 46.1 Å². The number of para-hydroxylation sites is 2. The number of aromatic nitrogens is 2. The van der Waals surface area contributed by atoms with Gasteiger partial charge in [0.25, 0.3) is 0 Å². The number of benzene rings is 1. The van der Waals surface area contributed by atoms with Crippen molar-refractivity contribution >= 4 is 5.69 Å². The molecule has 1 heterocycles. The van der Waals surface area contributed by atoms with Crippen LogP contribution in [-0.4, -0.2) is 15.6 Å². The van der Waals surface area contributed by atoms with Crippen LogP contribution in [0.15, 0.2) is 43.0 Å². The van der Waals surface area contributed by atoms with Crippen LogP contribution in [0.4, 0.5) is 5.69 Å². The van der Waals surface area contributed by atoms with Crippen LogP contribution in [0.3, 0.4) is 0 Å². The molecule has 0 radical (unpaired) electrons. The summed E-state index contributed by atoms with van der Waals surface area (Å²) in [6.45, 7) is 2.32. The van der Waals surface area contributed by atoms with Gasteiger partial charge in [0.1, 0.15) is 0 Å². The van der Waals surface area contributed by atoms with Crippen LogP contribution in [0.2, 0.25) is 0 Å². The van der Waals surface area contributed by atoms with Crippen molar-refractivity contribution in [3.05, 3.63) is 43.0 Å². The van der Waals surface area contributed by atoms with Gasteiger partial charge < -0.3 is 9.88 Å². The fraction of sp³-hybridized carbons (Fsp3) is 0.471. The van der Waals surface area contributed by atoms with E-state index in [1.165, 1.54) is 43.5 Å². The second-order valence-corrected chi connectivity index (χ2v) is 5.82. The Balaban J connectivity index is 1.77. The molecule has 1 fully saturated rings. The van der Waals surface area contributed by atoms with Gasteiger partial charge in [-0.15, -0.1) is 0 Å². The third-order valence-electron chi connectivity index (χ3n) is 4.43. The molecule has 106 valence electrons. The van der Waals surface area contributed by atoms with E-state index >= 15 is 0 Å². The number of imidazole rings is 1. The van der Waals surface area contributed by atoms with Crippen molar-refractivity contribution in [2.45, 2.75) is 45.1 Å². The average molecular weight is 269 g/mol. The predicted octanol–water partition coefficient (Wildman–Crippen LogP) is 4.25. The summed E-state index contributed by atoms with van der Waals surface area (Å²) in [6, 6.07) is 8.99. The molecule has 1 aromatic heterocycles. The number of rotatable bonds is 4. The summed E-state index contributed by atoms with van der Waals surface area (Å²) >= 11 is 0. The molecule has 3 heteroatoms. The molecule has 3 rings (SSSR count). The van der Waals surface area contributed by atoms with E-state index in [0.29, 0.717) is 6.04 Å². The maximum Gasteiger partial charge on any atom is 0.0992 e. The quantitative estimate of drug-likeness (QED) is 0.899. The molecule has 3 nitrogen and oxygen atoms in total. The average Bonchev–Trinajstić information content (AvgIpc) is 3.03. The first kappa shape index (κ1) is 13.2. The fourth-order valence-electron chi connectivity index (χ4n) is 3.22. The molecular formula is C17H23N3. The van der Waals surface area contributed by atoms with Crippen LogP contribution in [0.25, 0.3) is 5.69 Å². The summed E-state index contributed by atoms with van der Waals surface area (Å²) in [5.74, 6) is 0.805. The Morgan fingerprint density at radius 1 is 1.20 bits per heavy atom. The molecule has 0 spiro atoms. The minimum atomic E-state index is 0.528. The van der Waals surface area contributed by atoms with E-state index < -0.39 is 0 Å². The van der Waals surface area contributed by atoms with Crippen molar-refractivity contribution in [1.29, 1.82) is 0 Å². The molecule has 20 heavy (non-hydrogen) atoms. The molecule has 1 aromatic carbocycles. The number of nitrogens with one attached hydrogen (secondary N) is 1. The molecule has 1 aliphatic carbocycles. The van der Waals surface area contributed by atoms with Crippen molar-refractivity contribution in [2.24, 2.45) is 5.92 Å². The molecule has 0 aliphatic heterocycles. The molecular weight excluding hydrogens is 246 g/mol. The standard InChI is InChI=1S/C17H23N3/c1-14(15-7-3-2-4-8-15)19-16-9-5-6-10-17(16)20-12-11-18-13-20/h5-6,9-15,19H,2-4,7-8H2,1H3. The Morgan fingerprint density at radius 3 is 2.75 bits per heavy atom. The van der Waals surface area contributed by atoms with Gasteiger partial charge in [0.15, 0.2) is 0 Å². The number of hydrogen-bond donors (Lipinski definition) is 1. The van der Waals surface area contributed by atoms with Crippen LogP contribution in [0.1, 0.15) is 39.0 Å². The van der Waals surface area contributed by atoms with Gasteiger partial charge in [-0.1, -0.05) is 31.4 Å². The highest BCUT2D eigenvalue weighted by atomic mass is 15.1. The zero-order chi connectivity index (χ0) is 13.8. The Morgan fingerprint density at radius 2 is 2.00 bits per heavy atom. The second-order valence-electron chi connectivity index (χ2n) is 5.82. The molecule has 1 unspecified atom stereocenters. The van der Waals surface area contributed by atoms with Crippen LogP contribution < -0.4 is 5.32 Å². The van der Waals surface area contributed by atoms with Gasteiger partial charge in [0.05, 0.1) is 17.7 Å². The van der Waals surface area contributed by atoms with Crippen molar-refractivity contribution in [3.8, 4) is 5.69 Å². The van der Waals surface area contributed by atoms with Crippen LogP contribution in [0.5, 0.6) is 0 Å². The van der Waals surface area contributed by atoms with E-state index in [9.17, 15) is 0 Å². The summed E-state index contributed by atoms with van der Waals surface area (Å²) < 4.78 is 2.07. The fourth-order valence-corrected chi connectivity index (χ4v) is 3.22. The van der Waals surface area contributed by atoms with E-state index in [1.54, 1.807) is 0 Å². The van der Waals surface area contributed by atoms with Crippen molar-refractivity contribution in [1.82, 2.24) is 9.55 Å². The molecule has 1 saturated carbocycles. The first-order valence-corrected chi connectivity index (χ1v) is 7.68. The lowest BCUT2D eigenvalue weighted by Crippen LogP contribution is -2.28. The van der Waals surface area contributed by atoms with Gasteiger partial charge >= 0.3 is 0 Å². The second kappa shape index (κ2) is 6.12. The number of hydrogen-bond acceptors (Lipinski definition) is 2. The Hall–Kier alpha value is -1.77. The normalized spacial score (nSPS) is 17.9. The first-order valence-electron chi connectivity index (χ1n) is 7.68. The van der Waals surface area contributed by atoms with E-state index in [1.807, 2.05) is 18.7 Å². The Bertz CT molecular complexity index is 527. The molecule has 1 N–H and O–H groups in total. The minimum Gasteiger partial charge on any atom is -0.381 e. The topological polar surface area (TPSA) is 29.9 Å². The summed E-state index contributed by atoms with van der Waals surface area (Å²) in [6.07, 6.45) is 12.6. The number of nitrogens with zero attached hydrogens (tertiary/aromatic N) is 2. The molecule has 0 amide bonds. The Labute approximate surface area is 121 Å². The highest BCUT2D eigenvalue weighted by Gasteiger charge is 2.20. The summed E-state index contributed by atoms with van der Waals surface area (Å²) in [7, 11) is 0. The van der Waals surface area contributed by atoms with Gasteiger partial charge in [-0.05, 0) is 37.8 Å². The van der Waals surface area contributed by atoms with E-state index in [4.69, 9.17) is 0 Å². The lowest BCUT2D eigenvalue weighted by Gasteiger charge is -2.29. The van der Waals surface area contributed by atoms with Crippen molar-refractivity contribution in [3.63, 3.8) is 0 Å². The van der Waals surface area contributed by atoms with Crippen molar-refractivity contribution in [2.75, 3.05) is 5.32 Å². The van der Waals surface area contributed by atoms with Gasteiger partial charge in [-0.2, -0.15) is 0 Å². The van der Waals surface area contributed by atoms with E-state index in [-0.39, 0.29) is 0 Å². The number of anilines is 1. The zero-order valence-electron chi connectivity index (χ0n) is 12.1. The maximum atomic E-state index is 4.14. The Kier molecular flexibility index (Phi) is 4.05. The maximum absolute atomic E-state index is 4.14. The lowest BCUT2D eigenvalue weighted by molar-refractivity contribution is 0.328. The predicted molar refractivity (Wildman–Crippen MR) is 83.2 cm³/mol. The summed E-state index contributed by atoms with van der Waals surface area (Å²) in [4.78, 5) is 4.14. The third-order valence-corrected chi connectivity index (χ3v) is 4.43. The van der Waals surface area contributed by atoms with Gasteiger partial charge in [-0.25, -0.2) is 4.98 Å².